The first-order valence-corrected chi connectivity index (χ1v) is 9.20. The van der Waals surface area contributed by atoms with Crippen LogP contribution in [0.4, 0.5) is 0 Å². The van der Waals surface area contributed by atoms with E-state index in [1.165, 1.54) is 19.3 Å². The van der Waals surface area contributed by atoms with Gasteiger partial charge in [0.05, 0.1) is 12.3 Å². The SMILES string of the molecule is CCCCCCOc1ccc(C(=O)N/N=C(\C)c2cccs2)cc1. The molecule has 1 amide bonds. The quantitative estimate of drug-likeness (QED) is 0.401. The van der Waals surface area contributed by atoms with E-state index in [0.717, 1.165) is 29.4 Å². The van der Waals surface area contributed by atoms with E-state index >= 15 is 0 Å². The number of nitrogens with zero attached hydrogens (tertiary/aromatic N) is 1. The van der Waals surface area contributed by atoms with Crippen LogP contribution in [0.3, 0.4) is 0 Å². The minimum atomic E-state index is -0.222. The molecule has 0 atom stereocenters. The van der Waals surface area contributed by atoms with Crippen LogP contribution in [0.1, 0.15) is 54.8 Å². The first kappa shape index (κ1) is 18.2. The summed E-state index contributed by atoms with van der Waals surface area (Å²) in [5, 5.41) is 6.12. The van der Waals surface area contributed by atoms with Crippen LogP contribution in [0.25, 0.3) is 0 Å². The van der Waals surface area contributed by atoms with Gasteiger partial charge in [0.15, 0.2) is 0 Å². The van der Waals surface area contributed by atoms with Crippen molar-refractivity contribution in [1.82, 2.24) is 5.43 Å². The van der Waals surface area contributed by atoms with Crippen LogP contribution < -0.4 is 10.2 Å². The maximum atomic E-state index is 12.1. The molecule has 24 heavy (non-hydrogen) atoms. The Morgan fingerprint density at radius 1 is 1.17 bits per heavy atom. The van der Waals surface area contributed by atoms with Crippen molar-refractivity contribution >= 4 is 23.0 Å². The van der Waals surface area contributed by atoms with Gasteiger partial charge >= 0.3 is 0 Å². The summed E-state index contributed by atoms with van der Waals surface area (Å²) < 4.78 is 5.68. The summed E-state index contributed by atoms with van der Waals surface area (Å²) in [6.07, 6.45) is 4.72. The van der Waals surface area contributed by atoms with Crippen LogP contribution >= 0.6 is 11.3 Å². The van der Waals surface area contributed by atoms with E-state index in [9.17, 15) is 4.79 Å². The topological polar surface area (TPSA) is 50.7 Å². The molecule has 0 bridgehead atoms. The monoisotopic (exact) mass is 344 g/mol. The number of unbranched alkanes of at least 4 members (excludes halogenated alkanes) is 3. The minimum Gasteiger partial charge on any atom is -0.494 e. The number of carbonyl (C=O) groups is 1. The molecule has 0 spiro atoms. The summed E-state index contributed by atoms with van der Waals surface area (Å²) in [7, 11) is 0. The molecule has 0 aliphatic carbocycles. The van der Waals surface area contributed by atoms with Gasteiger partial charge < -0.3 is 4.74 Å². The Morgan fingerprint density at radius 2 is 1.96 bits per heavy atom. The van der Waals surface area contributed by atoms with Crippen molar-refractivity contribution in [2.75, 3.05) is 6.61 Å². The van der Waals surface area contributed by atoms with Crippen molar-refractivity contribution in [1.29, 1.82) is 0 Å². The average Bonchev–Trinajstić information content (AvgIpc) is 3.14. The zero-order valence-corrected chi connectivity index (χ0v) is 15.1. The van der Waals surface area contributed by atoms with Crippen LogP contribution in [0.5, 0.6) is 5.75 Å². The van der Waals surface area contributed by atoms with E-state index in [1.54, 1.807) is 23.5 Å². The molecular formula is C19H24N2O2S. The van der Waals surface area contributed by atoms with Crippen molar-refractivity contribution < 1.29 is 9.53 Å². The molecule has 0 radical (unpaired) electrons. The van der Waals surface area contributed by atoms with E-state index in [0.29, 0.717) is 5.56 Å². The van der Waals surface area contributed by atoms with Gasteiger partial charge in [0, 0.05) is 10.4 Å². The maximum absolute atomic E-state index is 12.1. The van der Waals surface area contributed by atoms with E-state index < -0.39 is 0 Å². The summed E-state index contributed by atoms with van der Waals surface area (Å²) in [6, 6.07) is 11.1. The van der Waals surface area contributed by atoms with Gasteiger partial charge in [-0.25, -0.2) is 5.43 Å². The van der Waals surface area contributed by atoms with Crippen molar-refractivity contribution in [3.63, 3.8) is 0 Å². The van der Waals surface area contributed by atoms with Gasteiger partial charge in [0.1, 0.15) is 5.75 Å². The number of carbonyl (C=O) groups excluding carboxylic acids is 1. The maximum Gasteiger partial charge on any atom is 0.271 e. The largest absolute Gasteiger partial charge is 0.494 e. The summed E-state index contributed by atoms with van der Waals surface area (Å²) in [5.41, 5.74) is 3.95. The zero-order chi connectivity index (χ0) is 17.2. The highest BCUT2D eigenvalue weighted by molar-refractivity contribution is 7.12. The lowest BCUT2D eigenvalue weighted by Gasteiger charge is -2.07. The molecule has 0 aliphatic heterocycles. The number of benzene rings is 1. The highest BCUT2D eigenvalue weighted by Gasteiger charge is 2.06. The van der Waals surface area contributed by atoms with Crippen LogP contribution in [-0.2, 0) is 0 Å². The number of amides is 1. The number of hydrogen-bond acceptors (Lipinski definition) is 4. The number of hydrazone groups is 1. The number of rotatable bonds is 9. The molecule has 4 nitrogen and oxygen atoms in total. The Morgan fingerprint density at radius 3 is 2.62 bits per heavy atom. The summed E-state index contributed by atoms with van der Waals surface area (Å²) in [4.78, 5) is 13.2. The second-order valence-corrected chi connectivity index (χ2v) is 6.50. The molecule has 1 N–H and O–H groups in total. The number of thiophene rings is 1. The fourth-order valence-electron chi connectivity index (χ4n) is 2.16. The van der Waals surface area contributed by atoms with Gasteiger partial charge in [-0.15, -0.1) is 11.3 Å². The fraction of sp³-hybridized carbons (Fsp3) is 0.368. The zero-order valence-electron chi connectivity index (χ0n) is 14.2. The normalized spacial score (nSPS) is 11.3. The third kappa shape index (κ3) is 5.81. The number of ether oxygens (including phenoxy) is 1. The molecule has 5 heteroatoms. The molecular weight excluding hydrogens is 320 g/mol. The minimum absolute atomic E-state index is 0.222. The third-order valence-corrected chi connectivity index (χ3v) is 4.56. The average molecular weight is 344 g/mol. The Hall–Kier alpha value is -2.14. The summed E-state index contributed by atoms with van der Waals surface area (Å²) in [5.74, 6) is 0.571. The van der Waals surface area contributed by atoms with Crippen LogP contribution in [-0.4, -0.2) is 18.2 Å². The van der Waals surface area contributed by atoms with Crippen LogP contribution in [0.15, 0.2) is 46.9 Å². The molecule has 2 aromatic rings. The Bertz CT molecular complexity index is 649. The first-order valence-electron chi connectivity index (χ1n) is 8.32. The van der Waals surface area contributed by atoms with Gasteiger partial charge in [-0.3, -0.25) is 4.79 Å². The lowest BCUT2D eigenvalue weighted by Crippen LogP contribution is -2.19. The van der Waals surface area contributed by atoms with Gasteiger partial charge in [0.25, 0.3) is 5.91 Å². The van der Waals surface area contributed by atoms with Crippen LogP contribution in [0, 0.1) is 0 Å². The molecule has 2 rings (SSSR count). The number of nitrogens with one attached hydrogen (secondary N) is 1. The smallest absolute Gasteiger partial charge is 0.271 e. The lowest BCUT2D eigenvalue weighted by molar-refractivity contribution is 0.0955. The van der Waals surface area contributed by atoms with Crippen molar-refractivity contribution in [2.45, 2.75) is 39.5 Å². The molecule has 1 heterocycles. The highest BCUT2D eigenvalue weighted by atomic mass is 32.1. The van der Waals surface area contributed by atoms with Crippen molar-refractivity contribution in [3.05, 3.63) is 52.2 Å². The Labute approximate surface area is 147 Å². The standard InChI is InChI=1S/C19H24N2O2S/c1-3-4-5-6-13-23-17-11-9-16(10-12-17)19(22)21-20-15(2)18-8-7-14-24-18/h7-12,14H,3-6,13H2,1-2H3,(H,21,22)/b20-15+. The van der Waals surface area contributed by atoms with E-state index in [4.69, 9.17) is 4.74 Å². The van der Waals surface area contributed by atoms with Crippen LogP contribution in [0.2, 0.25) is 0 Å². The van der Waals surface area contributed by atoms with Gasteiger partial charge in [0.2, 0.25) is 0 Å². The molecule has 1 aromatic heterocycles. The second-order valence-electron chi connectivity index (χ2n) is 5.55. The van der Waals surface area contributed by atoms with Gasteiger partial charge in [-0.1, -0.05) is 32.3 Å². The van der Waals surface area contributed by atoms with E-state index in [2.05, 4.69) is 17.5 Å². The predicted molar refractivity (Wildman–Crippen MR) is 100 cm³/mol. The molecule has 0 fully saturated rings. The Kier molecular flexibility index (Phi) is 7.49. The van der Waals surface area contributed by atoms with Crippen molar-refractivity contribution in [3.8, 4) is 5.75 Å². The third-order valence-electron chi connectivity index (χ3n) is 3.59. The summed E-state index contributed by atoms with van der Waals surface area (Å²) >= 11 is 1.59. The molecule has 128 valence electrons. The number of hydrogen-bond donors (Lipinski definition) is 1. The van der Waals surface area contributed by atoms with E-state index in [1.807, 2.05) is 36.6 Å². The van der Waals surface area contributed by atoms with Gasteiger partial charge in [-0.2, -0.15) is 5.10 Å². The molecule has 0 unspecified atom stereocenters. The molecule has 0 aliphatic rings. The second kappa shape index (κ2) is 9.88. The molecule has 0 saturated carbocycles. The van der Waals surface area contributed by atoms with Gasteiger partial charge in [-0.05, 0) is 49.1 Å². The Balaban J connectivity index is 1.81. The summed E-state index contributed by atoms with van der Waals surface area (Å²) in [6.45, 7) is 4.79. The molecule has 1 aromatic carbocycles. The lowest BCUT2D eigenvalue weighted by atomic mass is 10.2. The highest BCUT2D eigenvalue weighted by Crippen LogP contribution is 2.13. The molecule has 0 saturated heterocycles. The van der Waals surface area contributed by atoms with Crippen molar-refractivity contribution in [2.24, 2.45) is 5.10 Å². The predicted octanol–water partition coefficient (Wildman–Crippen LogP) is 4.86. The first-order chi connectivity index (χ1) is 11.7. The fourth-order valence-corrected chi connectivity index (χ4v) is 2.84. The van der Waals surface area contributed by atoms with E-state index in [-0.39, 0.29) is 5.91 Å².